The smallest absolute Gasteiger partial charge is 0.306 e. The van der Waals surface area contributed by atoms with Crippen molar-refractivity contribution in [3.8, 4) is 0 Å². The second-order valence-electron chi connectivity index (χ2n) is 10.2. The topological polar surface area (TPSA) is 101 Å². The van der Waals surface area contributed by atoms with Crippen LogP contribution < -0.4 is 0 Å². The minimum Gasteiger partial charge on any atom is -0.450 e. The molecule has 3 saturated carbocycles. The van der Waals surface area contributed by atoms with E-state index in [2.05, 4.69) is 0 Å². The number of esters is 1. The summed E-state index contributed by atoms with van der Waals surface area (Å²) in [7, 11) is 0. The fourth-order valence-electron chi connectivity index (χ4n) is 7.69. The lowest BCUT2D eigenvalue weighted by Crippen LogP contribution is -2.70. The van der Waals surface area contributed by atoms with Crippen LogP contribution in [-0.2, 0) is 19.1 Å². The highest BCUT2D eigenvalue weighted by atomic mass is 19.1. The molecule has 0 heterocycles. The third kappa shape index (κ3) is 2.61. The Kier molecular flexibility index (Phi) is 4.03. The van der Waals surface area contributed by atoms with E-state index >= 15 is 4.39 Å². The third-order valence-corrected chi connectivity index (χ3v) is 9.09. The van der Waals surface area contributed by atoms with Crippen molar-refractivity contribution in [3.63, 3.8) is 0 Å². The third-order valence-electron chi connectivity index (χ3n) is 9.09. The van der Waals surface area contributed by atoms with E-state index in [1.54, 1.807) is 20.8 Å². The highest BCUT2D eigenvalue weighted by Crippen LogP contribution is 2.71. The number of aliphatic hydroxyl groups is 2. The molecule has 6 nitrogen and oxygen atoms in total. The zero-order valence-electron chi connectivity index (χ0n) is 23.5. The van der Waals surface area contributed by atoms with Crippen LogP contribution in [0.1, 0.15) is 66.5 Å². The molecule has 2 N–H and O–H groups in total. The van der Waals surface area contributed by atoms with E-state index in [0.717, 1.165) is 0 Å². The van der Waals surface area contributed by atoms with Gasteiger partial charge in [-0.15, -0.1) is 0 Å². The van der Waals surface area contributed by atoms with E-state index in [4.69, 9.17) is 11.6 Å². The predicted molar refractivity (Wildman–Crippen MR) is 114 cm³/mol. The number of rotatable bonds is 4. The lowest BCUT2D eigenvalue weighted by atomic mass is 9.44. The molecule has 4 rings (SSSR count). The summed E-state index contributed by atoms with van der Waals surface area (Å²) >= 11 is 0. The van der Waals surface area contributed by atoms with Crippen molar-refractivity contribution in [2.45, 2.75) is 77.1 Å². The van der Waals surface area contributed by atoms with Gasteiger partial charge in [-0.2, -0.15) is 0 Å². The van der Waals surface area contributed by atoms with Gasteiger partial charge in [0.25, 0.3) is 0 Å². The van der Waals surface area contributed by atoms with Crippen molar-refractivity contribution >= 4 is 17.5 Å². The Morgan fingerprint density at radius 1 is 1.38 bits per heavy atom. The Hall–Kier alpha value is -1.86. The molecule has 32 heavy (non-hydrogen) atoms. The zero-order chi connectivity index (χ0) is 28.0. The Morgan fingerprint density at radius 3 is 2.75 bits per heavy atom. The number of ketones is 2. The maximum absolute atomic E-state index is 17.3. The highest BCUT2D eigenvalue weighted by Gasteiger charge is 2.77. The molecular weight excluding hydrogens is 415 g/mol. The van der Waals surface area contributed by atoms with Crippen molar-refractivity contribution in [3.05, 3.63) is 23.8 Å². The summed E-state index contributed by atoms with van der Waals surface area (Å²) in [6, 6.07) is 0. The molecule has 176 valence electrons. The molecule has 4 aliphatic carbocycles. The number of carbonyl (C=O) groups is 3. The summed E-state index contributed by atoms with van der Waals surface area (Å²) in [5.74, 6) is -5.28. The van der Waals surface area contributed by atoms with Gasteiger partial charge < -0.3 is 14.9 Å². The first-order chi connectivity index (χ1) is 16.8. The maximum atomic E-state index is 17.3. The number of halogens is 1. The van der Waals surface area contributed by atoms with Gasteiger partial charge in [0, 0.05) is 35.9 Å². The standard InChI is InChI=1S/C25H33FO6/c1-5-21(31)32-25(20(30)13-27)14(2)10-18-17-7-6-15-11-16(28)8-9-22(15,3)24(17,26)19(29)12-23(18,25)4/h8-9,11,14,17-19,27,29H,5-7,10,12-13H2,1-4H3/t14-,17-,18-,19-,22-,23-,24-,25-/m0/s1/i1D3,5D2. The van der Waals surface area contributed by atoms with Crippen LogP contribution in [0.3, 0.4) is 0 Å². The molecule has 0 aromatic carbocycles. The van der Waals surface area contributed by atoms with E-state index in [0.29, 0.717) is 12.0 Å². The second-order valence-corrected chi connectivity index (χ2v) is 10.2. The maximum Gasteiger partial charge on any atom is 0.306 e. The number of Topliss-reactive ketones (excluding diaryl/α,β-unsaturated/α-hetero) is 1. The number of ether oxygens (including phenoxy) is 1. The summed E-state index contributed by atoms with van der Waals surface area (Å²) in [6.07, 6.45) is -0.537. The van der Waals surface area contributed by atoms with Gasteiger partial charge in [0.2, 0.25) is 5.78 Å². The molecule has 4 aliphatic rings. The number of alkyl halides is 1. The molecule has 0 saturated heterocycles. The van der Waals surface area contributed by atoms with Crippen LogP contribution in [0.2, 0.25) is 0 Å². The molecule has 0 bridgehead atoms. The summed E-state index contributed by atoms with van der Waals surface area (Å²) in [6.45, 7) is 0.296. The number of allylic oxidation sites excluding steroid dienone is 4. The fraction of sp³-hybridized carbons (Fsp3) is 0.720. The van der Waals surface area contributed by atoms with Crippen molar-refractivity contribution in [2.24, 2.45) is 28.6 Å². The van der Waals surface area contributed by atoms with Crippen molar-refractivity contribution in [1.29, 1.82) is 0 Å². The van der Waals surface area contributed by atoms with Crippen LogP contribution in [0.4, 0.5) is 4.39 Å². The van der Waals surface area contributed by atoms with Crippen LogP contribution in [0.5, 0.6) is 0 Å². The van der Waals surface area contributed by atoms with Gasteiger partial charge in [0.1, 0.15) is 6.61 Å². The first kappa shape index (κ1) is 17.6. The monoisotopic (exact) mass is 453 g/mol. The summed E-state index contributed by atoms with van der Waals surface area (Å²) in [5.41, 5.74) is -6.54. The van der Waals surface area contributed by atoms with Crippen LogP contribution in [0, 0.1) is 28.6 Å². The van der Waals surface area contributed by atoms with Crippen LogP contribution >= 0.6 is 0 Å². The number of hydrogen-bond acceptors (Lipinski definition) is 6. The fourth-order valence-corrected chi connectivity index (χ4v) is 7.69. The number of carbonyl (C=O) groups excluding carboxylic acids is 3. The van der Waals surface area contributed by atoms with Gasteiger partial charge in [-0.1, -0.05) is 32.3 Å². The van der Waals surface area contributed by atoms with Crippen molar-refractivity contribution < 1.29 is 40.6 Å². The Morgan fingerprint density at radius 2 is 2.09 bits per heavy atom. The Bertz CT molecular complexity index is 1100. The average Bonchev–Trinajstić information content (AvgIpc) is 3.01. The molecule has 7 heteroatoms. The van der Waals surface area contributed by atoms with Gasteiger partial charge in [-0.25, -0.2) is 4.39 Å². The molecule has 3 fully saturated rings. The first-order valence-corrected chi connectivity index (χ1v) is 11.0. The number of aliphatic hydroxyl groups excluding tert-OH is 2. The van der Waals surface area contributed by atoms with Gasteiger partial charge in [0.05, 0.1) is 6.10 Å². The molecular formula is C25H33FO6. The summed E-state index contributed by atoms with van der Waals surface area (Å²) in [5, 5.41) is 21.3. The quantitative estimate of drug-likeness (QED) is 0.635. The van der Waals surface area contributed by atoms with E-state index < -0.39 is 77.5 Å². The van der Waals surface area contributed by atoms with Crippen LogP contribution in [-0.4, -0.2) is 51.7 Å². The normalized spacial score (nSPS) is 50.4. The number of hydrogen-bond donors (Lipinski definition) is 2. The lowest BCUT2D eigenvalue weighted by molar-refractivity contribution is -0.228. The summed E-state index contributed by atoms with van der Waals surface area (Å²) < 4.78 is 60.9. The molecule has 0 aromatic heterocycles. The minimum absolute atomic E-state index is 0.160. The molecule has 0 unspecified atom stereocenters. The molecule has 0 aromatic rings. The van der Waals surface area contributed by atoms with Crippen molar-refractivity contribution in [1.82, 2.24) is 0 Å². The molecule has 0 aliphatic heterocycles. The average molecular weight is 454 g/mol. The van der Waals surface area contributed by atoms with Crippen molar-refractivity contribution in [2.75, 3.05) is 6.61 Å². The van der Waals surface area contributed by atoms with Gasteiger partial charge >= 0.3 is 5.97 Å². The van der Waals surface area contributed by atoms with Gasteiger partial charge in [-0.05, 0) is 50.7 Å². The molecule has 8 atom stereocenters. The van der Waals surface area contributed by atoms with E-state index in [1.165, 1.54) is 18.2 Å². The Labute approximate surface area is 194 Å². The second kappa shape index (κ2) is 7.32. The highest BCUT2D eigenvalue weighted by molar-refractivity contribution is 6.01. The largest absolute Gasteiger partial charge is 0.450 e. The molecule has 0 amide bonds. The molecule has 0 radical (unpaired) electrons. The SMILES string of the molecule is [2H]C([2H])([2H])C([2H])([2H])C(=O)O[C@]1(C(=O)CO)[C@@H](C)C[C@H]2[C@@H]3CCC4=CC(=O)C=C[C@]4(C)[C@@]3(F)[C@@H](O)C[C@@]21C. The number of fused-ring (bicyclic) bond motifs is 5. The van der Waals surface area contributed by atoms with E-state index in [9.17, 15) is 24.6 Å². The van der Waals surface area contributed by atoms with Crippen LogP contribution in [0.25, 0.3) is 0 Å². The molecule has 0 spiro atoms. The zero-order valence-corrected chi connectivity index (χ0v) is 18.5. The summed E-state index contributed by atoms with van der Waals surface area (Å²) in [4.78, 5) is 38.3. The van der Waals surface area contributed by atoms with Crippen LogP contribution in [0.15, 0.2) is 23.8 Å². The minimum atomic E-state index is -3.45. The Balaban J connectivity index is 1.84. The van der Waals surface area contributed by atoms with E-state index in [1.807, 2.05) is 0 Å². The van der Waals surface area contributed by atoms with Gasteiger partial charge in [-0.3, -0.25) is 14.4 Å². The lowest BCUT2D eigenvalue weighted by Gasteiger charge is -2.62. The van der Waals surface area contributed by atoms with Gasteiger partial charge in [0.15, 0.2) is 17.1 Å². The predicted octanol–water partition coefficient (Wildman–Crippen LogP) is 2.86. The van der Waals surface area contributed by atoms with E-state index in [-0.39, 0.29) is 25.0 Å². The first-order valence-electron chi connectivity index (χ1n) is 13.5.